The normalized spacial score (nSPS) is 12.3. The summed E-state index contributed by atoms with van der Waals surface area (Å²) in [6, 6.07) is 6.19. The molecule has 0 radical (unpaired) electrons. The first-order chi connectivity index (χ1) is 7.79. The molecule has 0 unspecified atom stereocenters. The topological polar surface area (TPSA) is 26.9 Å². The number of benzene rings is 1. The van der Waals surface area contributed by atoms with Crippen LogP contribution in [0.2, 0.25) is 0 Å². The lowest BCUT2D eigenvalue weighted by atomic mass is 10.3. The van der Waals surface area contributed by atoms with Gasteiger partial charge in [-0.15, -0.1) is 11.8 Å². The maximum absolute atomic E-state index is 11.8. The third-order valence-corrected chi connectivity index (χ3v) is 3.77. The van der Waals surface area contributed by atoms with Gasteiger partial charge in [0.25, 0.3) is 0 Å². The highest BCUT2D eigenvalue weighted by atomic mass is 32.2. The Balaban J connectivity index is 2.59. The number of imidazole rings is 1. The van der Waals surface area contributed by atoms with Gasteiger partial charge in [-0.05, 0) is 18.2 Å². The van der Waals surface area contributed by atoms with Crippen LogP contribution < -0.4 is 5.69 Å². The summed E-state index contributed by atoms with van der Waals surface area (Å²) < 4.78 is 3.56. The quantitative estimate of drug-likeness (QED) is 0.728. The number of aromatic nitrogens is 2. The fraction of sp³-hybridized carbons (Fsp3) is 0.462. The second-order valence-electron chi connectivity index (χ2n) is 5.27. The number of fused-ring (bicyclic) bond motifs is 1. The molecule has 1 aromatic heterocycles. The second kappa shape index (κ2) is 3.95. The van der Waals surface area contributed by atoms with Crippen molar-refractivity contribution >= 4 is 22.8 Å². The smallest absolute Gasteiger partial charge is 0.295 e. The molecule has 3 nitrogen and oxygen atoms in total. The Hall–Kier alpha value is -1.16. The molecule has 0 bridgehead atoms. The molecule has 0 atom stereocenters. The van der Waals surface area contributed by atoms with Gasteiger partial charge in [-0.25, -0.2) is 4.79 Å². The second-order valence-corrected chi connectivity index (χ2v) is 7.17. The average Bonchev–Trinajstić information content (AvgIpc) is 2.42. The van der Waals surface area contributed by atoms with Crippen LogP contribution in [-0.2, 0) is 14.1 Å². The molecule has 17 heavy (non-hydrogen) atoms. The molecule has 0 N–H and O–H groups in total. The van der Waals surface area contributed by atoms with Crippen LogP contribution in [0.5, 0.6) is 0 Å². The van der Waals surface area contributed by atoms with Crippen LogP contribution in [0.1, 0.15) is 20.8 Å². The molecule has 0 aliphatic heterocycles. The van der Waals surface area contributed by atoms with Crippen molar-refractivity contribution in [3.63, 3.8) is 0 Å². The summed E-state index contributed by atoms with van der Waals surface area (Å²) in [5.74, 6) is 0. The molecule has 2 rings (SSSR count). The van der Waals surface area contributed by atoms with Gasteiger partial charge in [-0.3, -0.25) is 9.13 Å². The number of aryl methyl sites for hydroxylation is 2. The Kier molecular flexibility index (Phi) is 2.86. The van der Waals surface area contributed by atoms with Crippen LogP contribution in [0.15, 0.2) is 27.9 Å². The van der Waals surface area contributed by atoms with Crippen molar-refractivity contribution < 1.29 is 0 Å². The van der Waals surface area contributed by atoms with E-state index >= 15 is 0 Å². The zero-order chi connectivity index (χ0) is 12.8. The maximum atomic E-state index is 11.8. The van der Waals surface area contributed by atoms with E-state index in [2.05, 4.69) is 32.9 Å². The van der Waals surface area contributed by atoms with Gasteiger partial charge in [0.1, 0.15) is 0 Å². The molecule has 1 aromatic carbocycles. The van der Waals surface area contributed by atoms with Crippen molar-refractivity contribution in [1.82, 2.24) is 9.13 Å². The van der Waals surface area contributed by atoms with E-state index in [4.69, 9.17) is 0 Å². The molecular weight excluding hydrogens is 232 g/mol. The molecule has 0 aliphatic rings. The van der Waals surface area contributed by atoms with Crippen LogP contribution in [-0.4, -0.2) is 13.9 Å². The van der Waals surface area contributed by atoms with E-state index < -0.39 is 0 Å². The third-order valence-electron chi connectivity index (χ3n) is 2.67. The van der Waals surface area contributed by atoms with Crippen molar-refractivity contribution in [2.75, 3.05) is 0 Å². The van der Waals surface area contributed by atoms with E-state index in [1.807, 2.05) is 24.9 Å². The van der Waals surface area contributed by atoms with Crippen molar-refractivity contribution in [2.24, 2.45) is 14.1 Å². The number of hydrogen-bond donors (Lipinski definition) is 0. The van der Waals surface area contributed by atoms with Gasteiger partial charge in [-0.1, -0.05) is 20.8 Å². The average molecular weight is 250 g/mol. The Morgan fingerprint density at radius 3 is 2.24 bits per heavy atom. The summed E-state index contributed by atoms with van der Waals surface area (Å²) in [7, 11) is 3.62. The van der Waals surface area contributed by atoms with E-state index in [1.165, 1.54) is 4.90 Å². The highest BCUT2D eigenvalue weighted by Gasteiger charge is 2.14. The SMILES string of the molecule is Cn1c(=O)n(C)c2cc(SC(C)(C)C)ccc21. The molecule has 0 saturated carbocycles. The van der Waals surface area contributed by atoms with Crippen molar-refractivity contribution in [3.8, 4) is 0 Å². The minimum Gasteiger partial charge on any atom is -0.295 e. The van der Waals surface area contributed by atoms with Crippen molar-refractivity contribution in [2.45, 2.75) is 30.4 Å². The van der Waals surface area contributed by atoms with Crippen LogP contribution in [0.3, 0.4) is 0 Å². The Bertz CT molecular complexity index is 617. The molecule has 0 saturated heterocycles. The van der Waals surface area contributed by atoms with Crippen LogP contribution in [0, 0.1) is 0 Å². The van der Waals surface area contributed by atoms with Crippen molar-refractivity contribution in [3.05, 3.63) is 28.7 Å². The Morgan fingerprint density at radius 2 is 1.65 bits per heavy atom. The monoisotopic (exact) mass is 250 g/mol. The molecular formula is C13H18N2OS. The predicted molar refractivity (Wildman–Crippen MR) is 73.8 cm³/mol. The van der Waals surface area contributed by atoms with Gasteiger partial charge in [0, 0.05) is 23.7 Å². The molecule has 1 heterocycles. The van der Waals surface area contributed by atoms with Crippen LogP contribution in [0.4, 0.5) is 0 Å². The number of nitrogens with zero attached hydrogens (tertiary/aromatic N) is 2. The summed E-state index contributed by atoms with van der Waals surface area (Å²) in [4.78, 5) is 13.0. The summed E-state index contributed by atoms with van der Waals surface area (Å²) in [6.45, 7) is 6.56. The molecule has 0 spiro atoms. The Labute approximate surface area is 105 Å². The van der Waals surface area contributed by atoms with E-state index in [9.17, 15) is 4.79 Å². The van der Waals surface area contributed by atoms with E-state index in [0.29, 0.717) is 0 Å². The standard InChI is InChI=1S/C13H18N2OS/c1-13(2,3)17-9-6-7-10-11(8-9)15(5)12(16)14(10)4/h6-8H,1-5H3. The van der Waals surface area contributed by atoms with E-state index in [1.54, 1.807) is 16.2 Å². The lowest BCUT2D eigenvalue weighted by molar-refractivity contribution is 0.795. The molecule has 0 aliphatic carbocycles. The van der Waals surface area contributed by atoms with Gasteiger partial charge in [0.05, 0.1) is 11.0 Å². The van der Waals surface area contributed by atoms with Crippen LogP contribution in [0.25, 0.3) is 11.0 Å². The zero-order valence-corrected chi connectivity index (χ0v) is 11.8. The first-order valence-electron chi connectivity index (χ1n) is 5.64. The van der Waals surface area contributed by atoms with Gasteiger partial charge >= 0.3 is 5.69 Å². The summed E-state index contributed by atoms with van der Waals surface area (Å²) in [6.07, 6.45) is 0. The van der Waals surface area contributed by atoms with E-state index in [0.717, 1.165) is 11.0 Å². The van der Waals surface area contributed by atoms with Crippen molar-refractivity contribution in [1.29, 1.82) is 0 Å². The molecule has 2 aromatic rings. The molecule has 0 fully saturated rings. The number of hydrogen-bond acceptors (Lipinski definition) is 2. The maximum Gasteiger partial charge on any atom is 0.328 e. The minimum absolute atomic E-state index is 0.0258. The highest BCUT2D eigenvalue weighted by molar-refractivity contribution is 8.00. The zero-order valence-electron chi connectivity index (χ0n) is 10.9. The minimum atomic E-state index is 0.0258. The third kappa shape index (κ3) is 2.27. The van der Waals surface area contributed by atoms with E-state index in [-0.39, 0.29) is 10.4 Å². The van der Waals surface area contributed by atoms with Gasteiger partial charge in [0.15, 0.2) is 0 Å². The lowest BCUT2D eigenvalue weighted by Crippen LogP contribution is -2.19. The fourth-order valence-corrected chi connectivity index (χ4v) is 2.92. The fourth-order valence-electron chi connectivity index (χ4n) is 1.90. The summed E-state index contributed by atoms with van der Waals surface area (Å²) >= 11 is 1.81. The van der Waals surface area contributed by atoms with Gasteiger partial charge < -0.3 is 0 Å². The number of rotatable bonds is 1. The number of thioether (sulfide) groups is 1. The van der Waals surface area contributed by atoms with Crippen LogP contribution >= 0.6 is 11.8 Å². The Morgan fingerprint density at radius 1 is 1.06 bits per heavy atom. The molecule has 92 valence electrons. The first-order valence-corrected chi connectivity index (χ1v) is 6.46. The summed E-state index contributed by atoms with van der Waals surface area (Å²) in [5.41, 5.74) is 2.00. The molecule has 4 heteroatoms. The predicted octanol–water partition coefficient (Wildman–Crippen LogP) is 2.77. The summed E-state index contributed by atoms with van der Waals surface area (Å²) in [5, 5.41) is 0. The largest absolute Gasteiger partial charge is 0.328 e. The van der Waals surface area contributed by atoms with Gasteiger partial charge in [0.2, 0.25) is 0 Å². The lowest BCUT2D eigenvalue weighted by Gasteiger charge is -2.17. The van der Waals surface area contributed by atoms with Gasteiger partial charge in [-0.2, -0.15) is 0 Å². The highest BCUT2D eigenvalue weighted by Crippen LogP contribution is 2.33. The first kappa shape index (κ1) is 12.3. The molecule has 0 amide bonds.